The minimum atomic E-state index is 0.366. The summed E-state index contributed by atoms with van der Waals surface area (Å²) in [5, 5.41) is 0. The van der Waals surface area contributed by atoms with Crippen molar-refractivity contribution >= 4 is 5.71 Å². The molecule has 0 aromatic rings. The summed E-state index contributed by atoms with van der Waals surface area (Å²) in [6.45, 7) is 11.9. The second-order valence-corrected chi connectivity index (χ2v) is 2.89. The van der Waals surface area contributed by atoms with Crippen LogP contribution in [0.2, 0.25) is 0 Å². The van der Waals surface area contributed by atoms with Gasteiger partial charge in [0.15, 0.2) is 0 Å². The summed E-state index contributed by atoms with van der Waals surface area (Å²) >= 11 is 0. The monoisotopic (exact) mass is 177 g/mol. The molecule has 1 aliphatic carbocycles. The van der Waals surface area contributed by atoms with Crippen LogP contribution in [-0.4, -0.2) is 11.8 Å². The largest absolute Gasteiger partial charge is 0.283 e. The third-order valence-electron chi connectivity index (χ3n) is 1.34. The summed E-state index contributed by atoms with van der Waals surface area (Å²) < 4.78 is 0. The number of aliphatic imine (C=N–C) groups is 1. The number of hydrogen-bond acceptors (Lipinski definition) is 1. The zero-order valence-electron chi connectivity index (χ0n) is 9.04. The smallest absolute Gasteiger partial charge is 0.0577 e. The highest BCUT2D eigenvalue weighted by Gasteiger charge is 1.95. The van der Waals surface area contributed by atoms with Gasteiger partial charge in [-0.15, -0.1) is 0 Å². The first-order valence-electron chi connectivity index (χ1n) is 4.81. The van der Waals surface area contributed by atoms with Gasteiger partial charge in [-0.2, -0.15) is 0 Å². The maximum Gasteiger partial charge on any atom is 0.0577 e. The molecule has 13 heavy (non-hydrogen) atoms. The lowest BCUT2D eigenvalue weighted by Gasteiger charge is -2.02. The van der Waals surface area contributed by atoms with Crippen molar-refractivity contribution in [3.8, 4) is 0 Å². The maximum atomic E-state index is 4.37. The normalized spacial score (nSPS) is 14.2. The zero-order chi connectivity index (χ0) is 10.3. The van der Waals surface area contributed by atoms with Gasteiger partial charge < -0.3 is 0 Å². The number of rotatable bonds is 1. The van der Waals surface area contributed by atoms with Crippen LogP contribution < -0.4 is 0 Å². The third kappa shape index (κ3) is 5.18. The lowest BCUT2D eigenvalue weighted by atomic mass is 10.1. The Hall–Kier alpha value is -1.11. The maximum absolute atomic E-state index is 4.37. The highest BCUT2D eigenvalue weighted by Crippen LogP contribution is 2.04. The highest BCUT2D eigenvalue weighted by molar-refractivity contribution is 6.05. The predicted molar refractivity (Wildman–Crippen MR) is 61.3 cm³/mol. The summed E-state index contributed by atoms with van der Waals surface area (Å²) in [5.74, 6) is 0. The second kappa shape index (κ2) is 6.41. The van der Waals surface area contributed by atoms with Gasteiger partial charge in [0.25, 0.3) is 0 Å². The van der Waals surface area contributed by atoms with Crippen molar-refractivity contribution in [2.24, 2.45) is 4.99 Å². The molecule has 0 heterocycles. The van der Waals surface area contributed by atoms with Crippen molar-refractivity contribution in [2.75, 3.05) is 0 Å². The van der Waals surface area contributed by atoms with Gasteiger partial charge >= 0.3 is 0 Å². The minimum Gasteiger partial charge on any atom is -0.283 e. The first-order valence-corrected chi connectivity index (χ1v) is 4.81. The zero-order valence-corrected chi connectivity index (χ0v) is 9.04. The fourth-order valence-corrected chi connectivity index (χ4v) is 0.880. The predicted octanol–water partition coefficient (Wildman–Crippen LogP) is 3.54. The van der Waals surface area contributed by atoms with E-state index in [-0.39, 0.29) is 0 Å². The molecule has 0 saturated carbocycles. The molecule has 0 unspecified atom stereocenters. The van der Waals surface area contributed by atoms with Crippen molar-refractivity contribution in [1.82, 2.24) is 0 Å². The number of nitrogens with zero attached hydrogens (tertiary/aromatic N) is 1. The summed E-state index contributed by atoms with van der Waals surface area (Å²) in [6.07, 6.45) is 7.92. The van der Waals surface area contributed by atoms with Crippen LogP contribution in [0.4, 0.5) is 0 Å². The van der Waals surface area contributed by atoms with Crippen LogP contribution >= 0.6 is 0 Å². The van der Waals surface area contributed by atoms with E-state index < -0.39 is 0 Å². The average molecular weight is 177 g/mol. The van der Waals surface area contributed by atoms with Gasteiger partial charge in [0.05, 0.1) is 5.71 Å². The Labute approximate surface area is 81.6 Å². The van der Waals surface area contributed by atoms with E-state index in [1.54, 1.807) is 0 Å². The molecule has 0 fully saturated rings. The van der Waals surface area contributed by atoms with E-state index in [0.29, 0.717) is 6.04 Å². The summed E-state index contributed by atoms with van der Waals surface area (Å²) in [7, 11) is 0. The van der Waals surface area contributed by atoms with Gasteiger partial charge in [-0.25, -0.2) is 0 Å². The molecular formula is C12H19N. The molecule has 0 bridgehead atoms. The van der Waals surface area contributed by atoms with E-state index >= 15 is 0 Å². The van der Waals surface area contributed by atoms with Crippen LogP contribution in [0.3, 0.4) is 0 Å². The van der Waals surface area contributed by atoms with E-state index in [1.807, 2.05) is 38.2 Å². The van der Waals surface area contributed by atoms with E-state index in [1.165, 1.54) is 0 Å². The fourth-order valence-electron chi connectivity index (χ4n) is 0.880. The first kappa shape index (κ1) is 11.9. The Morgan fingerprint density at radius 3 is 1.92 bits per heavy atom. The van der Waals surface area contributed by atoms with Crippen molar-refractivity contribution in [2.45, 2.75) is 33.7 Å². The molecule has 1 heteroatoms. The Morgan fingerprint density at radius 1 is 1.08 bits per heavy atom. The van der Waals surface area contributed by atoms with E-state index in [0.717, 1.165) is 11.3 Å². The van der Waals surface area contributed by atoms with Gasteiger partial charge in [0, 0.05) is 6.04 Å². The molecule has 0 aromatic heterocycles. The summed E-state index contributed by atoms with van der Waals surface area (Å²) in [4.78, 5) is 4.37. The fraction of sp³-hybridized carbons (Fsp3) is 0.417. The van der Waals surface area contributed by atoms with E-state index in [9.17, 15) is 0 Å². The van der Waals surface area contributed by atoms with Crippen LogP contribution in [0, 0.1) is 0 Å². The SMILES string of the molecule is C=C1C=CC(=NC(C)C)C=C1.CC. The molecule has 0 saturated heterocycles. The minimum absolute atomic E-state index is 0.366. The molecule has 0 radical (unpaired) electrons. The molecule has 72 valence electrons. The highest BCUT2D eigenvalue weighted by atomic mass is 14.8. The van der Waals surface area contributed by atoms with Gasteiger partial charge in [-0.3, -0.25) is 4.99 Å². The molecule has 0 aromatic carbocycles. The third-order valence-corrected chi connectivity index (χ3v) is 1.34. The van der Waals surface area contributed by atoms with Gasteiger partial charge in [0.1, 0.15) is 0 Å². The lowest BCUT2D eigenvalue weighted by molar-refractivity contribution is 0.838. The average Bonchev–Trinajstić information content (AvgIpc) is 2.12. The quantitative estimate of drug-likeness (QED) is 0.581. The van der Waals surface area contributed by atoms with Gasteiger partial charge in [-0.05, 0) is 31.6 Å². The van der Waals surface area contributed by atoms with Crippen molar-refractivity contribution in [3.05, 3.63) is 36.5 Å². The molecular weight excluding hydrogens is 158 g/mol. The molecule has 0 atom stereocenters. The van der Waals surface area contributed by atoms with Crippen LogP contribution in [0.15, 0.2) is 41.4 Å². The van der Waals surface area contributed by atoms with E-state index in [2.05, 4.69) is 25.4 Å². The molecule has 0 spiro atoms. The van der Waals surface area contributed by atoms with Crippen LogP contribution in [0.1, 0.15) is 27.7 Å². The number of hydrogen-bond donors (Lipinski definition) is 0. The molecule has 1 nitrogen and oxygen atoms in total. The summed E-state index contributed by atoms with van der Waals surface area (Å²) in [5.41, 5.74) is 2.07. The first-order chi connectivity index (χ1) is 6.18. The molecule has 0 aliphatic heterocycles. The molecule has 1 rings (SSSR count). The summed E-state index contributed by atoms with van der Waals surface area (Å²) in [6, 6.07) is 0.366. The Morgan fingerprint density at radius 2 is 1.54 bits per heavy atom. The molecule has 0 amide bonds. The Balaban J connectivity index is 0.000000671. The molecule has 0 N–H and O–H groups in total. The number of allylic oxidation sites excluding steroid dienone is 5. The Bertz CT molecular complexity index is 224. The van der Waals surface area contributed by atoms with Crippen LogP contribution in [0.25, 0.3) is 0 Å². The van der Waals surface area contributed by atoms with Crippen LogP contribution in [0.5, 0.6) is 0 Å². The standard InChI is InChI=1S/C10H13N.C2H6/c1-8(2)11-10-6-4-9(3)5-7-10;1-2/h4-8H,3H2,1-2H3;1-2H3. The Kier molecular flexibility index (Phi) is 5.86. The van der Waals surface area contributed by atoms with E-state index in [4.69, 9.17) is 0 Å². The van der Waals surface area contributed by atoms with Gasteiger partial charge in [0.2, 0.25) is 0 Å². The van der Waals surface area contributed by atoms with Gasteiger partial charge in [-0.1, -0.05) is 32.6 Å². The topological polar surface area (TPSA) is 12.4 Å². The molecule has 1 aliphatic rings. The lowest BCUT2D eigenvalue weighted by Crippen LogP contribution is -1.98. The second-order valence-electron chi connectivity index (χ2n) is 2.89. The van der Waals surface area contributed by atoms with Crippen molar-refractivity contribution < 1.29 is 0 Å². The van der Waals surface area contributed by atoms with Crippen molar-refractivity contribution in [1.29, 1.82) is 0 Å². The van der Waals surface area contributed by atoms with Crippen LogP contribution in [-0.2, 0) is 0 Å². The van der Waals surface area contributed by atoms with Crippen molar-refractivity contribution in [3.63, 3.8) is 0 Å².